The third-order valence-electron chi connectivity index (χ3n) is 4.57. The molecule has 0 fully saturated rings. The van der Waals surface area contributed by atoms with E-state index in [1.165, 1.54) is 0 Å². The molecule has 0 spiro atoms. The quantitative estimate of drug-likeness (QED) is 0.539. The number of para-hydroxylation sites is 1. The molecule has 1 heterocycles. The van der Waals surface area contributed by atoms with Gasteiger partial charge in [0.1, 0.15) is 6.61 Å². The largest absolute Gasteiger partial charge is 0.479 e. The second-order valence-corrected chi connectivity index (χ2v) is 7.46. The molecule has 0 bridgehead atoms. The minimum absolute atomic E-state index is 0.0730. The van der Waals surface area contributed by atoms with Crippen molar-refractivity contribution in [1.82, 2.24) is 10.3 Å². The van der Waals surface area contributed by atoms with Crippen LogP contribution in [-0.2, 0) is 33.8 Å². The molecule has 0 radical (unpaired) electrons. The smallest absolute Gasteiger partial charge is 0.407 e. The van der Waals surface area contributed by atoms with Crippen LogP contribution in [0.4, 0.5) is 4.79 Å². The van der Waals surface area contributed by atoms with E-state index in [0.29, 0.717) is 5.69 Å². The number of hydrogen-bond acceptors (Lipinski definition) is 5. The average Bonchev–Trinajstić information content (AvgIpc) is 2.75. The highest BCUT2D eigenvalue weighted by Crippen LogP contribution is 2.13. The summed E-state index contributed by atoms with van der Waals surface area (Å²) in [5.41, 5.74) is 3.18. The molecule has 0 unspecified atom stereocenters. The SMILES string of the molecule is CC(C)O[C@@H](Cc1cccc(CNC(=O)OCc2ccc3ccccc3n2)c1)C(=O)O. The van der Waals surface area contributed by atoms with E-state index in [1.54, 1.807) is 13.8 Å². The minimum atomic E-state index is -0.997. The number of carbonyl (C=O) groups excluding carboxylic acids is 1. The molecule has 1 aromatic heterocycles. The first-order valence-corrected chi connectivity index (χ1v) is 10.1. The highest BCUT2D eigenvalue weighted by Gasteiger charge is 2.20. The Kier molecular flexibility index (Phi) is 7.56. The fraction of sp³-hybridized carbons (Fsp3) is 0.292. The molecule has 0 aliphatic heterocycles. The standard InChI is InChI=1S/C24H26N2O5/c1-16(2)31-22(23(27)28)13-17-6-5-7-18(12-17)14-25-24(29)30-15-20-11-10-19-8-3-4-9-21(19)26-20/h3-12,16,22H,13-15H2,1-2H3,(H,25,29)(H,27,28)/t22-/m0/s1. The summed E-state index contributed by atoms with van der Waals surface area (Å²) in [5, 5.41) is 13.1. The number of alkyl carbamates (subject to hydrolysis) is 1. The van der Waals surface area contributed by atoms with Gasteiger partial charge in [-0.3, -0.25) is 0 Å². The van der Waals surface area contributed by atoms with Gasteiger partial charge in [0.2, 0.25) is 0 Å². The Bertz CT molecular complexity index is 1050. The molecule has 31 heavy (non-hydrogen) atoms. The van der Waals surface area contributed by atoms with Crippen molar-refractivity contribution < 1.29 is 24.2 Å². The third-order valence-corrected chi connectivity index (χ3v) is 4.57. The molecule has 3 rings (SSSR count). The van der Waals surface area contributed by atoms with Crippen molar-refractivity contribution in [2.24, 2.45) is 0 Å². The van der Waals surface area contributed by atoms with Gasteiger partial charge in [-0.2, -0.15) is 0 Å². The predicted molar refractivity (Wildman–Crippen MR) is 117 cm³/mol. The fourth-order valence-electron chi connectivity index (χ4n) is 3.16. The first kappa shape index (κ1) is 22.2. The molecule has 7 nitrogen and oxygen atoms in total. The molecular formula is C24H26N2O5. The predicted octanol–water partition coefficient (Wildman–Crippen LogP) is 4.08. The molecule has 1 atom stereocenters. The van der Waals surface area contributed by atoms with E-state index in [0.717, 1.165) is 22.0 Å². The fourth-order valence-corrected chi connectivity index (χ4v) is 3.16. The summed E-state index contributed by atoms with van der Waals surface area (Å²) in [7, 11) is 0. The van der Waals surface area contributed by atoms with Crippen molar-refractivity contribution >= 4 is 23.0 Å². The summed E-state index contributed by atoms with van der Waals surface area (Å²) in [6.07, 6.45) is -1.40. The number of carboxylic acids is 1. The number of fused-ring (bicyclic) bond motifs is 1. The van der Waals surface area contributed by atoms with Gasteiger partial charge in [0.05, 0.1) is 17.3 Å². The number of nitrogens with zero attached hydrogens (tertiary/aromatic N) is 1. The number of pyridine rings is 1. The van der Waals surface area contributed by atoms with Crippen molar-refractivity contribution in [3.05, 3.63) is 77.5 Å². The first-order chi connectivity index (χ1) is 14.9. The Labute approximate surface area is 181 Å². The maximum Gasteiger partial charge on any atom is 0.407 e. The molecule has 0 aliphatic carbocycles. The van der Waals surface area contributed by atoms with E-state index in [2.05, 4.69) is 10.3 Å². The van der Waals surface area contributed by atoms with Gasteiger partial charge in [-0.15, -0.1) is 0 Å². The van der Waals surface area contributed by atoms with Crippen molar-refractivity contribution in [3.8, 4) is 0 Å². The van der Waals surface area contributed by atoms with E-state index >= 15 is 0 Å². The number of carboxylic acid groups (broad SMARTS) is 1. The summed E-state index contributed by atoms with van der Waals surface area (Å²) in [4.78, 5) is 27.9. The van der Waals surface area contributed by atoms with Crippen LogP contribution in [0.1, 0.15) is 30.7 Å². The van der Waals surface area contributed by atoms with Gasteiger partial charge in [0.25, 0.3) is 0 Å². The van der Waals surface area contributed by atoms with Crippen LogP contribution in [0.2, 0.25) is 0 Å². The van der Waals surface area contributed by atoms with Gasteiger partial charge in [-0.25, -0.2) is 14.6 Å². The maximum absolute atomic E-state index is 12.1. The van der Waals surface area contributed by atoms with Crippen molar-refractivity contribution in [2.75, 3.05) is 0 Å². The van der Waals surface area contributed by atoms with Crippen LogP contribution in [0, 0.1) is 0 Å². The third kappa shape index (κ3) is 6.79. The summed E-state index contributed by atoms with van der Waals surface area (Å²) in [5.74, 6) is -0.997. The number of nitrogens with one attached hydrogen (secondary N) is 1. The number of benzene rings is 2. The maximum atomic E-state index is 12.1. The second-order valence-electron chi connectivity index (χ2n) is 7.46. The van der Waals surface area contributed by atoms with Crippen LogP contribution in [0.15, 0.2) is 60.7 Å². The first-order valence-electron chi connectivity index (χ1n) is 10.1. The number of aromatic nitrogens is 1. The number of amides is 1. The lowest BCUT2D eigenvalue weighted by atomic mass is 10.0. The summed E-state index contributed by atoms with van der Waals surface area (Å²) >= 11 is 0. The molecule has 162 valence electrons. The normalized spacial score (nSPS) is 12.0. The molecular weight excluding hydrogens is 396 g/mol. The lowest BCUT2D eigenvalue weighted by Gasteiger charge is -2.17. The molecule has 2 aromatic carbocycles. The number of ether oxygens (including phenoxy) is 2. The molecule has 2 N–H and O–H groups in total. The Morgan fingerprint density at radius 2 is 1.81 bits per heavy atom. The highest BCUT2D eigenvalue weighted by atomic mass is 16.5. The molecule has 7 heteroatoms. The molecule has 0 saturated heterocycles. The Balaban J connectivity index is 1.51. The number of carbonyl (C=O) groups is 2. The van der Waals surface area contributed by atoms with E-state index in [1.807, 2.05) is 60.7 Å². The van der Waals surface area contributed by atoms with Crippen LogP contribution < -0.4 is 5.32 Å². The molecule has 3 aromatic rings. The van der Waals surface area contributed by atoms with Gasteiger partial charge >= 0.3 is 12.1 Å². The zero-order chi connectivity index (χ0) is 22.2. The number of hydrogen-bond donors (Lipinski definition) is 2. The van der Waals surface area contributed by atoms with Crippen molar-refractivity contribution in [3.63, 3.8) is 0 Å². The Morgan fingerprint density at radius 1 is 1.03 bits per heavy atom. The molecule has 0 saturated carbocycles. The number of aliphatic carboxylic acids is 1. The zero-order valence-electron chi connectivity index (χ0n) is 17.6. The highest BCUT2D eigenvalue weighted by molar-refractivity contribution is 5.78. The van der Waals surface area contributed by atoms with Crippen LogP contribution in [-0.4, -0.2) is 34.4 Å². The van der Waals surface area contributed by atoms with E-state index in [-0.39, 0.29) is 25.7 Å². The van der Waals surface area contributed by atoms with E-state index in [4.69, 9.17) is 9.47 Å². The van der Waals surface area contributed by atoms with Gasteiger partial charge in [-0.1, -0.05) is 48.5 Å². The summed E-state index contributed by atoms with van der Waals surface area (Å²) in [6, 6.07) is 18.9. The lowest BCUT2D eigenvalue weighted by molar-refractivity contribution is -0.153. The monoisotopic (exact) mass is 422 g/mol. The summed E-state index contributed by atoms with van der Waals surface area (Å²) < 4.78 is 10.7. The van der Waals surface area contributed by atoms with E-state index < -0.39 is 18.2 Å². The van der Waals surface area contributed by atoms with Gasteiger partial charge in [0, 0.05) is 18.4 Å². The van der Waals surface area contributed by atoms with Gasteiger partial charge < -0.3 is 19.9 Å². The Morgan fingerprint density at radius 3 is 2.58 bits per heavy atom. The Hall–Kier alpha value is -3.45. The summed E-state index contributed by atoms with van der Waals surface area (Å²) in [6.45, 7) is 3.94. The number of rotatable bonds is 9. The van der Waals surface area contributed by atoms with Crippen LogP contribution in [0.3, 0.4) is 0 Å². The van der Waals surface area contributed by atoms with Crippen LogP contribution in [0.25, 0.3) is 10.9 Å². The van der Waals surface area contributed by atoms with Crippen molar-refractivity contribution in [2.45, 2.75) is 45.6 Å². The minimum Gasteiger partial charge on any atom is -0.479 e. The topological polar surface area (TPSA) is 97.8 Å². The lowest BCUT2D eigenvalue weighted by Crippen LogP contribution is -2.29. The van der Waals surface area contributed by atoms with Crippen molar-refractivity contribution in [1.29, 1.82) is 0 Å². The van der Waals surface area contributed by atoms with E-state index in [9.17, 15) is 14.7 Å². The second kappa shape index (κ2) is 10.5. The van der Waals surface area contributed by atoms with Crippen LogP contribution in [0.5, 0.6) is 0 Å². The zero-order valence-corrected chi connectivity index (χ0v) is 17.6. The molecule has 1 amide bonds. The van der Waals surface area contributed by atoms with Gasteiger partial charge in [-0.05, 0) is 37.1 Å². The van der Waals surface area contributed by atoms with Crippen LogP contribution >= 0.6 is 0 Å². The van der Waals surface area contributed by atoms with Gasteiger partial charge in [0.15, 0.2) is 6.10 Å². The average molecular weight is 422 g/mol. The molecule has 0 aliphatic rings.